The summed E-state index contributed by atoms with van der Waals surface area (Å²) < 4.78 is 31.7. The number of alkyl halides is 2. The van der Waals surface area contributed by atoms with Crippen LogP contribution in [0.1, 0.15) is 108 Å². The number of rotatable bonds is 14. The van der Waals surface area contributed by atoms with E-state index in [9.17, 15) is 37.5 Å². The van der Waals surface area contributed by atoms with Gasteiger partial charge < -0.3 is 26.0 Å². The van der Waals surface area contributed by atoms with Gasteiger partial charge in [-0.15, -0.1) is 12.4 Å². The zero-order chi connectivity index (χ0) is 69.2. The molecule has 0 spiro atoms. The fraction of sp³-hybridized carbons (Fsp3) is 0.345. The Bertz CT molecular complexity index is 4680. The first kappa shape index (κ1) is 79.3. The number of aryl methyl sites for hydroxylation is 2. The second-order valence-corrected chi connectivity index (χ2v) is 39.0. The van der Waals surface area contributed by atoms with Gasteiger partial charge in [-0.25, -0.2) is 38.7 Å². The molecule has 4 atom stereocenters. The Labute approximate surface area is 623 Å². The maximum absolute atomic E-state index is 14.6. The first-order chi connectivity index (χ1) is 46.1. The summed E-state index contributed by atoms with van der Waals surface area (Å²) in [5.74, 6) is 0.561. The third-order valence-corrected chi connectivity index (χ3v) is 31.2. The van der Waals surface area contributed by atoms with Gasteiger partial charge in [0.15, 0.2) is 11.6 Å². The number of benzene rings is 2. The number of fused-ring (bicyclic) bond motifs is 2. The summed E-state index contributed by atoms with van der Waals surface area (Å²) >= 11 is 24.8. The molecule has 4 aliphatic rings. The summed E-state index contributed by atoms with van der Waals surface area (Å²) in [4.78, 5) is 101. The molecule has 2 aliphatic heterocycles. The number of nitrogens with zero attached hydrogens (tertiary/aromatic N) is 11. The van der Waals surface area contributed by atoms with Crippen LogP contribution in [0.2, 0.25) is 0 Å². The monoisotopic (exact) mass is 1710 g/mol. The van der Waals surface area contributed by atoms with Crippen LogP contribution >= 0.6 is 44.3 Å². The number of likely N-dealkylation sites (tertiary alicyclic amines) is 1. The SMILES string of the molecule is CC(=O)c1nn(CC(=O)N2C[C@H](F)C[C@H]2C(=O)Nc2nc(Br)ccc2C2CC2)c2ccc(-c3cnc(C)nc3)cc12.CC(=O)c1nn(CC(=O)O)c2ccc(-c3cnc(C)nc3)cc12.Cl.O=C(Nc1nc(Br)ccc1C1CC1)[C@@H]1C[C@@H](F)CN1.S=S=S=S=S=S.S=S=S=S=S=S=S. The lowest BCUT2D eigenvalue weighted by Crippen LogP contribution is -2.44. The molecule has 2 aromatic carbocycles. The van der Waals surface area contributed by atoms with Crippen LogP contribution in [0, 0.1) is 13.8 Å². The standard InChI is InChI=1S/C29H27BrFN7O3.C16H14N4O3.C13H15BrFN3O.ClH.S7.S6/c1-15(39)27-22-9-18(19-11-32-16(2)33-12-19)5-7-23(22)38(36-27)14-26(40)37-13-20(31)10-24(37)29(41)35-28-21(17-3-4-17)6-8-25(30)34-28;1-9(21)16-13-5-11(12-6-17-10(2)18-7-12)3-4-14(13)20(19-16)8-15(22)23;14-11-4-3-9(7-1-2-7)12(17-11)18-13(19)10-5-8(15)6-16-10;;1-3-5-7-6-4-2;1-3-5-6-4-2/h5-9,11-12,17,20,24H,3-4,10,13-14H2,1-2H3,(H,34,35,41);3-7H,8H2,1-2H3,(H,22,23);3-4,7-8,10,16H,1-2,5-6H2,(H,17,18,19);1H;;/t20-,24+;;8-,10+;;;/m1.1.../s1. The predicted molar refractivity (Wildman–Crippen MR) is 413 cm³/mol. The predicted octanol–water partition coefficient (Wildman–Crippen LogP) is 9.46. The molecule has 514 valence electrons. The highest BCUT2D eigenvalue weighted by atomic mass is 79.9. The lowest BCUT2D eigenvalue weighted by molar-refractivity contribution is -0.138. The van der Waals surface area contributed by atoms with Crippen molar-refractivity contribution >= 4 is 238 Å². The molecule has 6 aromatic heterocycles. The third-order valence-electron chi connectivity index (χ3n) is 14.7. The van der Waals surface area contributed by atoms with Crippen molar-refractivity contribution in [3.05, 3.63) is 129 Å². The first-order valence-electron chi connectivity index (χ1n) is 28.7. The minimum atomic E-state index is -1.34. The Kier molecular flexibility index (Phi) is 31.6. The van der Waals surface area contributed by atoms with Gasteiger partial charge in [0, 0.05) is 205 Å². The number of amides is 3. The molecule has 97 heavy (non-hydrogen) atoms. The highest BCUT2D eigenvalue weighted by Gasteiger charge is 2.41. The molecule has 2 saturated heterocycles. The number of pyridine rings is 2. The number of carbonyl (C=O) groups is 6. The molecule has 2 saturated carbocycles. The highest BCUT2D eigenvalue weighted by molar-refractivity contribution is 9.10. The molecule has 39 heteroatoms. The Balaban J connectivity index is 0.000000200. The Morgan fingerprint density at radius 1 is 0.598 bits per heavy atom. The van der Waals surface area contributed by atoms with E-state index in [1.165, 1.54) is 81.4 Å². The fourth-order valence-electron chi connectivity index (χ4n) is 10.1. The average molecular weight is 1710 g/mol. The number of anilines is 2. The van der Waals surface area contributed by atoms with E-state index in [2.05, 4.69) is 133 Å². The minimum absolute atomic E-state index is 0. The number of carboxylic acid groups (broad SMARTS) is 1. The fourth-order valence-corrected chi connectivity index (χ4v) is 24.5. The summed E-state index contributed by atoms with van der Waals surface area (Å²) in [6.07, 6.45) is 8.99. The molecule has 0 unspecified atom stereocenters. The smallest absolute Gasteiger partial charge is 0.325 e. The van der Waals surface area contributed by atoms with E-state index < -0.39 is 42.2 Å². The summed E-state index contributed by atoms with van der Waals surface area (Å²) in [5, 5.41) is 27.3. The van der Waals surface area contributed by atoms with Crippen LogP contribution in [0.4, 0.5) is 20.4 Å². The van der Waals surface area contributed by atoms with Gasteiger partial charge in [0.2, 0.25) is 17.7 Å². The van der Waals surface area contributed by atoms with E-state index in [0.29, 0.717) is 66.1 Å². The Hall–Kier alpha value is -5.01. The Morgan fingerprint density at radius 2 is 1.03 bits per heavy atom. The molecule has 4 N–H and O–H groups in total. The van der Waals surface area contributed by atoms with E-state index in [-0.39, 0.29) is 80.3 Å². The molecule has 3 amide bonds. The second-order valence-electron chi connectivity index (χ2n) is 21.5. The number of halogens is 5. The van der Waals surface area contributed by atoms with Crippen molar-refractivity contribution < 1.29 is 42.7 Å². The number of carboxylic acids is 1. The van der Waals surface area contributed by atoms with Gasteiger partial charge in [-0.1, -0.05) is 24.3 Å². The molecule has 8 aromatic rings. The number of carbonyl (C=O) groups excluding carboxylic acids is 5. The third kappa shape index (κ3) is 23.0. The average Bonchev–Trinajstić information content (AvgIpc) is 1.66. The van der Waals surface area contributed by atoms with Crippen LogP contribution in [-0.4, -0.2) is 132 Å². The molecule has 8 heterocycles. The number of aromatic nitrogens is 10. The van der Waals surface area contributed by atoms with E-state index in [1.807, 2.05) is 48.5 Å². The zero-order valence-electron chi connectivity index (χ0n) is 51.2. The van der Waals surface area contributed by atoms with Crippen molar-refractivity contribution in [1.82, 2.24) is 59.7 Å². The summed E-state index contributed by atoms with van der Waals surface area (Å²) in [6.45, 7) is 5.92. The molecule has 2 aliphatic carbocycles. The van der Waals surface area contributed by atoms with Gasteiger partial charge in [0.05, 0.1) is 23.6 Å². The van der Waals surface area contributed by atoms with Crippen LogP contribution in [0.15, 0.2) is 94.7 Å². The number of hydrogen-bond acceptors (Lipinski definition) is 19. The molecular weight excluding hydrogens is 1650 g/mol. The lowest BCUT2D eigenvalue weighted by atomic mass is 10.0. The maximum Gasteiger partial charge on any atom is 0.325 e. The van der Waals surface area contributed by atoms with Crippen LogP contribution in [-0.2, 0) is 157 Å². The van der Waals surface area contributed by atoms with E-state index in [0.717, 1.165) is 59.1 Å². The van der Waals surface area contributed by atoms with Crippen LogP contribution in [0.3, 0.4) is 0 Å². The van der Waals surface area contributed by atoms with Gasteiger partial charge in [-0.05, 0) is 142 Å². The van der Waals surface area contributed by atoms with Gasteiger partial charge in [0.25, 0.3) is 0 Å². The zero-order valence-corrected chi connectivity index (χ0v) is 65.8. The van der Waals surface area contributed by atoms with Gasteiger partial charge in [-0.3, -0.25) is 38.1 Å². The van der Waals surface area contributed by atoms with E-state index >= 15 is 0 Å². The number of Topliss-reactive ketones (excluding diaryl/α,β-unsaturated/α-hetero) is 2. The van der Waals surface area contributed by atoms with Crippen molar-refractivity contribution in [1.29, 1.82) is 0 Å². The van der Waals surface area contributed by atoms with Crippen molar-refractivity contribution in [3.63, 3.8) is 0 Å². The molecule has 21 nitrogen and oxygen atoms in total. The quantitative estimate of drug-likeness (QED) is 0.0582. The largest absolute Gasteiger partial charge is 0.480 e. The normalized spacial score (nSPS) is 16.4. The molecule has 12 rings (SSSR count). The van der Waals surface area contributed by atoms with Crippen molar-refractivity contribution in [3.8, 4) is 22.3 Å². The summed E-state index contributed by atoms with van der Waals surface area (Å²) in [7, 11) is 13.0. The second kappa shape index (κ2) is 38.7. The summed E-state index contributed by atoms with van der Waals surface area (Å²) in [5.41, 5.74) is 6.91. The van der Waals surface area contributed by atoms with E-state index in [4.69, 9.17) is 5.11 Å². The molecule has 0 bridgehead atoms. The van der Waals surface area contributed by atoms with Gasteiger partial charge in [0.1, 0.15) is 75.4 Å². The number of aliphatic carboxylic acids is 1. The number of hydrogen-bond donors (Lipinski definition) is 4. The number of nitrogens with one attached hydrogen (secondary N) is 3. The van der Waals surface area contributed by atoms with Crippen molar-refractivity contribution in [2.75, 3.05) is 23.7 Å². The molecule has 0 radical (unpaired) electrons. The van der Waals surface area contributed by atoms with Gasteiger partial charge in [-0.2, -0.15) is 10.2 Å². The number of ketones is 2. The lowest BCUT2D eigenvalue weighted by Gasteiger charge is -2.24. The minimum Gasteiger partial charge on any atom is -0.480 e. The van der Waals surface area contributed by atoms with E-state index in [1.54, 1.807) is 77.4 Å². The first-order valence-corrected chi connectivity index (χ1v) is 44.9. The van der Waals surface area contributed by atoms with Crippen LogP contribution < -0.4 is 16.0 Å². The molecular formula is C58H57Br2ClF2N14O7S13. The van der Waals surface area contributed by atoms with Gasteiger partial charge >= 0.3 is 5.97 Å². The topological polar surface area (TPSA) is 275 Å². The van der Waals surface area contributed by atoms with Crippen LogP contribution in [0.25, 0.3) is 44.1 Å². The van der Waals surface area contributed by atoms with Crippen molar-refractivity contribution in [2.45, 2.75) is 116 Å². The maximum atomic E-state index is 14.6. The van der Waals surface area contributed by atoms with Crippen molar-refractivity contribution in [2.24, 2.45) is 0 Å². The molecule has 4 fully saturated rings. The summed E-state index contributed by atoms with van der Waals surface area (Å²) in [6, 6.07) is 17.0. The highest BCUT2D eigenvalue weighted by Crippen LogP contribution is 2.44. The van der Waals surface area contributed by atoms with Crippen LogP contribution in [0.5, 0.6) is 0 Å². The Morgan fingerprint density at radius 3 is 1.43 bits per heavy atom.